The number of aliphatic hydroxyl groups excluding tert-OH is 1. The van der Waals surface area contributed by atoms with Gasteiger partial charge in [-0.3, -0.25) is 0 Å². The molecule has 6 heteroatoms. The summed E-state index contributed by atoms with van der Waals surface area (Å²) in [5, 5.41) is 10.3. The minimum Gasteiger partial charge on any atom is -0.487 e. The fraction of sp³-hybridized carbons (Fsp3) is 0.600. The monoisotopic (exact) mass is 364 g/mol. The van der Waals surface area contributed by atoms with Crippen LogP contribution in [0.1, 0.15) is 43.8 Å². The Hall–Kier alpha value is -0.750. The van der Waals surface area contributed by atoms with E-state index in [1.165, 1.54) is 0 Å². The molecule has 1 N–H and O–H groups in total. The minimum atomic E-state index is -4.20. The standard InChI is InChI=1S/C15H16BrF3O2/c16-10-3-4-11-12(20)8-14(21-13(11)6-10)5-1-2-9(7-14)15(17,18)19/h3-4,6,9,12,20H,1-2,5,7-8H2/t9?,12-,14?/m0/s1. The van der Waals surface area contributed by atoms with Crippen LogP contribution in [0.4, 0.5) is 13.2 Å². The summed E-state index contributed by atoms with van der Waals surface area (Å²) >= 11 is 3.32. The van der Waals surface area contributed by atoms with E-state index < -0.39 is 23.8 Å². The number of benzene rings is 1. The van der Waals surface area contributed by atoms with Gasteiger partial charge in [0.25, 0.3) is 0 Å². The average molecular weight is 365 g/mol. The third kappa shape index (κ3) is 2.93. The molecule has 1 fully saturated rings. The van der Waals surface area contributed by atoms with Crippen molar-refractivity contribution in [2.75, 3.05) is 0 Å². The quantitative estimate of drug-likeness (QED) is 0.719. The summed E-state index contributed by atoms with van der Waals surface area (Å²) in [6.07, 6.45) is -3.62. The number of aliphatic hydroxyl groups is 1. The number of alkyl halides is 3. The van der Waals surface area contributed by atoms with E-state index in [0.29, 0.717) is 24.2 Å². The van der Waals surface area contributed by atoms with E-state index in [4.69, 9.17) is 4.74 Å². The Morgan fingerprint density at radius 3 is 2.76 bits per heavy atom. The Morgan fingerprint density at radius 1 is 1.29 bits per heavy atom. The van der Waals surface area contributed by atoms with E-state index in [2.05, 4.69) is 15.9 Å². The van der Waals surface area contributed by atoms with E-state index in [0.717, 1.165) is 4.47 Å². The van der Waals surface area contributed by atoms with Gasteiger partial charge in [0.05, 0.1) is 12.0 Å². The van der Waals surface area contributed by atoms with Gasteiger partial charge in [-0.1, -0.05) is 22.0 Å². The maximum absolute atomic E-state index is 13.0. The molecule has 1 aromatic carbocycles. The van der Waals surface area contributed by atoms with Crippen molar-refractivity contribution in [1.29, 1.82) is 0 Å². The Balaban J connectivity index is 1.90. The van der Waals surface area contributed by atoms with E-state index in [1.807, 2.05) is 0 Å². The van der Waals surface area contributed by atoms with Crippen LogP contribution in [0.2, 0.25) is 0 Å². The third-order valence-electron chi connectivity index (χ3n) is 4.49. The van der Waals surface area contributed by atoms with Gasteiger partial charge >= 0.3 is 6.18 Å². The van der Waals surface area contributed by atoms with Crippen molar-refractivity contribution < 1.29 is 23.0 Å². The topological polar surface area (TPSA) is 29.5 Å². The van der Waals surface area contributed by atoms with Crippen LogP contribution in [0.15, 0.2) is 22.7 Å². The van der Waals surface area contributed by atoms with Crippen LogP contribution in [-0.4, -0.2) is 16.9 Å². The summed E-state index contributed by atoms with van der Waals surface area (Å²) in [4.78, 5) is 0. The van der Waals surface area contributed by atoms with Gasteiger partial charge in [0.2, 0.25) is 0 Å². The zero-order valence-electron chi connectivity index (χ0n) is 11.3. The molecule has 0 saturated heterocycles. The number of ether oxygens (including phenoxy) is 1. The highest BCUT2D eigenvalue weighted by Crippen LogP contribution is 2.50. The van der Waals surface area contributed by atoms with E-state index >= 15 is 0 Å². The van der Waals surface area contributed by atoms with E-state index in [-0.39, 0.29) is 19.3 Å². The van der Waals surface area contributed by atoms with E-state index in [9.17, 15) is 18.3 Å². The molecule has 2 nitrogen and oxygen atoms in total. The molecule has 2 unspecified atom stereocenters. The van der Waals surface area contributed by atoms with Crippen LogP contribution in [0.5, 0.6) is 5.75 Å². The fourth-order valence-corrected chi connectivity index (χ4v) is 3.83. The minimum absolute atomic E-state index is 0.0699. The summed E-state index contributed by atoms with van der Waals surface area (Å²) in [6, 6.07) is 5.26. The number of hydrogen-bond acceptors (Lipinski definition) is 2. The zero-order valence-corrected chi connectivity index (χ0v) is 12.9. The second-order valence-corrected chi connectivity index (χ2v) is 6.94. The van der Waals surface area contributed by atoms with Gasteiger partial charge in [-0.15, -0.1) is 0 Å². The van der Waals surface area contributed by atoms with Crippen molar-refractivity contribution in [2.45, 2.75) is 50.0 Å². The molecular formula is C15H16BrF3O2. The van der Waals surface area contributed by atoms with Crippen LogP contribution in [0, 0.1) is 5.92 Å². The second kappa shape index (κ2) is 5.16. The lowest BCUT2D eigenvalue weighted by Gasteiger charge is -2.45. The average Bonchev–Trinajstić information content (AvgIpc) is 2.36. The van der Waals surface area contributed by atoms with Gasteiger partial charge in [0.1, 0.15) is 11.4 Å². The largest absolute Gasteiger partial charge is 0.487 e. The molecule has 1 spiro atoms. The van der Waals surface area contributed by atoms with E-state index in [1.54, 1.807) is 18.2 Å². The molecule has 21 heavy (non-hydrogen) atoms. The van der Waals surface area contributed by atoms with Crippen molar-refractivity contribution in [2.24, 2.45) is 5.92 Å². The molecule has 1 aliphatic heterocycles. The third-order valence-corrected chi connectivity index (χ3v) is 4.99. The SMILES string of the molecule is O[C@H]1CC2(CCCC(C(F)(F)F)C2)Oc2cc(Br)ccc21. The zero-order chi connectivity index (χ0) is 15.3. The van der Waals surface area contributed by atoms with Gasteiger partial charge in [-0.2, -0.15) is 13.2 Å². The number of fused-ring (bicyclic) bond motifs is 1. The van der Waals surface area contributed by atoms with Gasteiger partial charge in [-0.25, -0.2) is 0 Å². The molecular weight excluding hydrogens is 349 g/mol. The number of hydrogen-bond donors (Lipinski definition) is 1. The van der Waals surface area contributed by atoms with Gasteiger partial charge < -0.3 is 9.84 Å². The molecule has 1 saturated carbocycles. The highest BCUT2D eigenvalue weighted by Gasteiger charge is 2.51. The van der Waals surface area contributed by atoms with Crippen molar-refractivity contribution in [3.63, 3.8) is 0 Å². The molecule has 3 rings (SSSR count). The first kappa shape index (κ1) is 15.2. The summed E-state index contributed by atoms with van der Waals surface area (Å²) in [6.45, 7) is 0. The second-order valence-electron chi connectivity index (χ2n) is 6.02. The van der Waals surface area contributed by atoms with Crippen LogP contribution in [-0.2, 0) is 0 Å². The molecule has 0 amide bonds. The Kier molecular flexibility index (Phi) is 3.72. The molecule has 0 radical (unpaired) electrons. The lowest BCUT2D eigenvalue weighted by atomic mass is 9.73. The molecule has 1 aromatic rings. The van der Waals surface area contributed by atoms with Crippen molar-refractivity contribution in [3.8, 4) is 5.75 Å². The van der Waals surface area contributed by atoms with Gasteiger partial charge in [0.15, 0.2) is 0 Å². The van der Waals surface area contributed by atoms with Crippen LogP contribution < -0.4 is 4.74 Å². The van der Waals surface area contributed by atoms with Gasteiger partial charge in [-0.05, 0) is 37.8 Å². The number of rotatable bonds is 0. The van der Waals surface area contributed by atoms with Crippen molar-refractivity contribution in [3.05, 3.63) is 28.2 Å². The normalized spacial score (nSPS) is 32.6. The Morgan fingerprint density at radius 2 is 2.05 bits per heavy atom. The van der Waals surface area contributed by atoms with Crippen LogP contribution in [0.25, 0.3) is 0 Å². The maximum atomic E-state index is 13.0. The van der Waals surface area contributed by atoms with Crippen LogP contribution in [0.3, 0.4) is 0 Å². The smallest absolute Gasteiger partial charge is 0.391 e. The first-order valence-electron chi connectivity index (χ1n) is 7.02. The molecule has 116 valence electrons. The first-order chi connectivity index (χ1) is 9.79. The summed E-state index contributed by atoms with van der Waals surface area (Å²) in [7, 11) is 0. The van der Waals surface area contributed by atoms with Gasteiger partial charge in [0, 0.05) is 16.5 Å². The lowest BCUT2D eigenvalue weighted by Crippen LogP contribution is -2.47. The highest BCUT2D eigenvalue weighted by molar-refractivity contribution is 9.10. The number of halogens is 4. The summed E-state index contributed by atoms with van der Waals surface area (Å²) in [5.41, 5.74) is -0.246. The predicted octanol–water partition coefficient (Wildman–Crippen LogP) is 4.76. The van der Waals surface area contributed by atoms with Crippen molar-refractivity contribution >= 4 is 15.9 Å². The molecule has 0 bridgehead atoms. The predicted molar refractivity (Wildman–Crippen MR) is 75.1 cm³/mol. The Labute approximate surface area is 129 Å². The lowest BCUT2D eigenvalue weighted by molar-refractivity contribution is -0.201. The maximum Gasteiger partial charge on any atom is 0.391 e. The molecule has 1 heterocycles. The highest BCUT2D eigenvalue weighted by atomic mass is 79.9. The fourth-order valence-electron chi connectivity index (χ4n) is 3.49. The molecule has 0 aromatic heterocycles. The molecule has 3 atom stereocenters. The van der Waals surface area contributed by atoms with Crippen molar-refractivity contribution in [1.82, 2.24) is 0 Å². The van der Waals surface area contributed by atoms with Crippen LogP contribution >= 0.6 is 15.9 Å². The Bertz CT molecular complexity index is 546. The molecule has 1 aliphatic carbocycles. The summed E-state index contributed by atoms with van der Waals surface area (Å²) in [5.74, 6) is -0.849. The summed E-state index contributed by atoms with van der Waals surface area (Å²) < 4.78 is 45.8. The first-order valence-corrected chi connectivity index (χ1v) is 7.82. The molecule has 2 aliphatic rings.